The molecule has 0 radical (unpaired) electrons. The predicted molar refractivity (Wildman–Crippen MR) is 199 cm³/mol. The van der Waals surface area contributed by atoms with Gasteiger partial charge in [-0.25, -0.2) is 4.79 Å². The molecule has 3 aliphatic heterocycles. The number of esters is 1. The molecule has 2 saturated heterocycles. The highest BCUT2D eigenvalue weighted by molar-refractivity contribution is 5.70. The first-order valence-electron chi connectivity index (χ1n) is 19.4. The van der Waals surface area contributed by atoms with Crippen LogP contribution in [-0.2, 0) is 28.5 Å². The molecule has 298 valence electrons. The minimum absolute atomic E-state index is 0.0122. The SMILES string of the molecule is CCOC(C)OC1(C)CCC(O)CC(=O)OC(/C(C)=C/C=C/C(C)(O)CC2OC2C(C)C(O)CC)C(C)/C=C/C1OC(=O)N1CCN(C(C)C)CC1. The van der Waals surface area contributed by atoms with Gasteiger partial charge in [-0.1, -0.05) is 45.1 Å². The van der Waals surface area contributed by atoms with Gasteiger partial charge in [-0.15, -0.1) is 0 Å². The Balaban J connectivity index is 1.85. The molecule has 11 unspecified atom stereocenters. The van der Waals surface area contributed by atoms with Crippen molar-refractivity contribution in [1.29, 1.82) is 0 Å². The number of aliphatic hydroxyl groups excluding tert-OH is 2. The average Bonchev–Trinajstić information content (AvgIpc) is 3.84. The summed E-state index contributed by atoms with van der Waals surface area (Å²) in [6.45, 7) is 22.2. The van der Waals surface area contributed by atoms with Crippen LogP contribution in [0.1, 0.15) is 101 Å². The maximum atomic E-state index is 13.6. The molecule has 3 aliphatic rings. The Morgan fingerprint density at radius 2 is 1.83 bits per heavy atom. The molecule has 52 heavy (non-hydrogen) atoms. The highest BCUT2D eigenvalue weighted by atomic mass is 16.7. The van der Waals surface area contributed by atoms with Gasteiger partial charge < -0.3 is 43.9 Å². The van der Waals surface area contributed by atoms with Crippen molar-refractivity contribution in [3.63, 3.8) is 0 Å². The van der Waals surface area contributed by atoms with E-state index < -0.39 is 54.0 Å². The molecule has 0 aromatic heterocycles. The number of ether oxygens (including phenoxy) is 5. The van der Waals surface area contributed by atoms with Crippen LogP contribution in [0.5, 0.6) is 0 Å². The topological polar surface area (TPSA) is 151 Å². The molecule has 12 heteroatoms. The first kappa shape index (κ1) is 44.1. The summed E-state index contributed by atoms with van der Waals surface area (Å²) >= 11 is 0. The summed E-state index contributed by atoms with van der Waals surface area (Å²) in [6, 6.07) is 0.389. The van der Waals surface area contributed by atoms with Gasteiger partial charge in [0, 0.05) is 57.1 Å². The lowest BCUT2D eigenvalue weighted by molar-refractivity contribution is -0.222. The molecule has 0 bridgehead atoms. The van der Waals surface area contributed by atoms with E-state index in [1.54, 1.807) is 43.1 Å². The third-order valence-corrected chi connectivity index (χ3v) is 10.7. The Labute approximate surface area is 312 Å². The zero-order valence-corrected chi connectivity index (χ0v) is 33.3. The number of piperazine rings is 1. The van der Waals surface area contributed by atoms with Crippen molar-refractivity contribution in [3.8, 4) is 0 Å². The zero-order valence-electron chi connectivity index (χ0n) is 33.3. The van der Waals surface area contributed by atoms with Crippen molar-refractivity contribution < 1.29 is 48.6 Å². The molecular formula is C40H68N2O10. The summed E-state index contributed by atoms with van der Waals surface area (Å²) in [5, 5.41) is 32.3. The molecule has 0 aliphatic carbocycles. The van der Waals surface area contributed by atoms with Crippen molar-refractivity contribution in [1.82, 2.24) is 9.80 Å². The Morgan fingerprint density at radius 3 is 2.44 bits per heavy atom. The fourth-order valence-electron chi connectivity index (χ4n) is 7.17. The van der Waals surface area contributed by atoms with Crippen LogP contribution < -0.4 is 0 Å². The molecule has 0 aromatic rings. The van der Waals surface area contributed by atoms with Crippen LogP contribution in [0.15, 0.2) is 36.0 Å². The molecule has 0 aromatic carbocycles. The number of cyclic esters (lactones) is 1. The summed E-state index contributed by atoms with van der Waals surface area (Å²) in [5.74, 6) is -0.903. The molecular weight excluding hydrogens is 668 g/mol. The van der Waals surface area contributed by atoms with Crippen LogP contribution >= 0.6 is 0 Å². The van der Waals surface area contributed by atoms with Gasteiger partial charge in [-0.2, -0.15) is 0 Å². The van der Waals surface area contributed by atoms with Crippen LogP contribution in [0.4, 0.5) is 4.79 Å². The summed E-state index contributed by atoms with van der Waals surface area (Å²) < 4.78 is 30.1. The second-order valence-corrected chi connectivity index (χ2v) is 15.7. The number of epoxide rings is 1. The Kier molecular flexibility index (Phi) is 16.8. The lowest BCUT2D eigenvalue weighted by atomic mass is 9.88. The van der Waals surface area contributed by atoms with Crippen molar-refractivity contribution in [2.75, 3.05) is 32.8 Å². The highest BCUT2D eigenvalue weighted by Crippen LogP contribution is 2.38. The lowest BCUT2D eigenvalue weighted by Gasteiger charge is -2.41. The number of nitrogens with zero attached hydrogens (tertiary/aromatic N) is 2. The van der Waals surface area contributed by atoms with Gasteiger partial charge in [-0.3, -0.25) is 9.69 Å². The Hall–Kier alpha value is -2.32. The number of aliphatic hydroxyl groups is 3. The molecule has 3 rings (SSSR count). The second-order valence-electron chi connectivity index (χ2n) is 15.7. The number of hydrogen-bond acceptors (Lipinski definition) is 11. The minimum Gasteiger partial charge on any atom is -0.457 e. The van der Waals surface area contributed by atoms with E-state index in [0.717, 1.165) is 18.7 Å². The van der Waals surface area contributed by atoms with Gasteiger partial charge in [0.1, 0.15) is 11.7 Å². The number of amides is 1. The van der Waals surface area contributed by atoms with Crippen LogP contribution in [0.25, 0.3) is 0 Å². The number of carbonyl (C=O) groups excluding carboxylic acids is 2. The smallest absolute Gasteiger partial charge is 0.410 e. The summed E-state index contributed by atoms with van der Waals surface area (Å²) in [4.78, 5) is 30.8. The van der Waals surface area contributed by atoms with E-state index in [1.165, 1.54) is 0 Å². The van der Waals surface area contributed by atoms with E-state index >= 15 is 0 Å². The monoisotopic (exact) mass is 736 g/mol. The van der Waals surface area contributed by atoms with E-state index in [-0.39, 0.29) is 43.3 Å². The van der Waals surface area contributed by atoms with Crippen LogP contribution in [-0.4, -0.2) is 130 Å². The molecule has 3 heterocycles. The predicted octanol–water partition coefficient (Wildman–Crippen LogP) is 5.14. The molecule has 0 spiro atoms. The van der Waals surface area contributed by atoms with E-state index in [4.69, 9.17) is 23.7 Å². The van der Waals surface area contributed by atoms with Crippen LogP contribution in [0.3, 0.4) is 0 Å². The van der Waals surface area contributed by atoms with E-state index in [1.807, 2.05) is 47.6 Å². The molecule has 11 atom stereocenters. The quantitative estimate of drug-likeness (QED) is 0.0715. The van der Waals surface area contributed by atoms with Crippen LogP contribution in [0.2, 0.25) is 0 Å². The fraction of sp³-hybridized carbons (Fsp3) is 0.800. The molecule has 2 fully saturated rings. The lowest BCUT2D eigenvalue weighted by Crippen LogP contribution is -2.53. The molecule has 0 saturated carbocycles. The number of hydrogen-bond donors (Lipinski definition) is 3. The van der Waals surface area contributed by atoms with Gasteiger partial charge in [0.25, 0.3) is 0 Å². The highest BCUT2D eigenvalue weighted by Gasteiger charge is 2.47. The second kappa shape index (κ2) is 19.8. The summed E-state index contributed by atoms with van der Waals surface area (Å²) in [6.07, 6.45) is 5.97. The minimum atomic E-state index is -1.16. The van der Waals surface area contributed by atoms with Gasteiger partial charge >= 0.3 is 12.1 Å². The third-order valence-electron chi connectivity index (χ3n) is 10.7. The fourth-order valence-corrected chi connectivity index (χ4v) is 7.17. The van der Waals surface area contributed by atoms with E-state index in [0.29, 0.717) is 38.6 Å². The van der Waals surface area contributed by atoms with E-state index in [9.17, 15) is 24.9 Å². The largest absolute Gasteiger partial charge is 0.457 e. The normalized spacial score (nSPS) is 33.4. The summed E-state index contributed by atoms with van der Waals surface area (Å²) in [7, 11) is 0. The van der Waals surface area contributed by atoms with Crippen molar-refractivity contribution in [2.24, 2.45) is 11.8 Å². The average molecular weight is 737 g/mol. The molecule has 3 N–H and O–H groups in total. The standard InChI is InChI=1S/C40H68N2O10/c1-11-32(44)29(7)37-33(49-37)25-39(9,47)18-13-14-27(5)36-28(6)15-16-34(50-38(46)42-22-20-41(21-23-42)26(3)4)40(10,52-30(8)48-12-2)19-17-31(43)24-35(45)51-36/h13-16,18,26,28-34,36-37,43-44,47H,11-12,17,19-25H2,1-10H3/b16-15+,18-13+,27-14+. The number of rotatable bonds is 14. The Morgan fingerprint density at radius 1 is 1.15 bits per heavy atom. The first-order chi connectivity index (χ1) is 24.4. The zero-order chi connectivity index (χ0) is 38.8. The van der Waals surface area contributed by atoms with Crippen molar-refractivity contribution in [3.05, 3.63) is 36.0 Å². The third kappa shape index (κ3) is 13.2. The number of carbonyl (C=O) groups is 2. The van der Waals surface area contributed by atoms with E-state index in [2.05, 4.69) is 18.7 Å². The van der Waals surface area contributed by atoms with Crippen molar-refractivity contribution in [2.45, 2.75) is 161 Å². The van der Waals surface area contributed by atoms with Gasteiger partial charge in [-0.05, 0) is 79.4 Å². The van der Waals surface area contributed by atoms with Gasteiger partial charge in [0.05, 0.1) is 36.4 Å². The first-order valence-corrected chi connectivity index (χ1v) is 19.4. The molecule has 12 nitrogen and oxygen atoms in total. The maximum absolute atomic E-state index is 13.6. The van der Waals surface area contributed by atoms with Gasteiger partial charge in [0.2, 0.25) is 0 Å². The van der Waals surface area contributed by atoms with Crippen LogP contribution in [0, 0.1) is 11.8 Å². The van der Waals surface area contributed by atoms with Gasteiger partial charge in [0.15, 0.2) is 12.4 Å². The molecule has 1 amide bonds. The maximum Gasteiger partial charge on any atom is 0.410 e. The number of allylic oxidation sites excluding steroid dienone is 2. The summed E-state index contributed by atoms with van der Waals surface area (Å²) in [5.41, 5.74) is -1.52. The van der Waals surface area contributed by atoms with Crippen molar-refractivity contribution >= 4 is 12.1 Å². The Bertz CT molecular complexity index is 1230.